The average Bonchev–Trinajstić information content (AvgIpc) is 3.01. The van der Waals surface area contributed by atoms with Gasteiger partial charge in [0.25, 0.3) is 0 Å². The first-order valence-electron chi connectivity index (χ1n) is 16.0. The molecule has 0 aliphatic carbocycles. The summed E-state index contributed by atoms with van der Waals surface area (Å²) in [4.78, 5) is 37.6. The first kappa shape index (κ1) is 35.5. The first-order chi connectivity index (χ1) is 22.8. The third-order valence-electron chi connectivity index (χ3n) is 8.50. The maximum absolute atomic E-state index is 13.9. The van der Waals surface area contributed by atoms with Gasteiger partial charge in [0.1, 0.15) is 35.4 Å². The molecule has 6 nitrogen and oxygen atoms in total. The van der Waals surface area contributed by atoms with Crippen molar-refractivity contribution in [2.45, 2.75) is 53.6 Å². The summed E-state index contributed by atoms with van der Waals surface area (Å²) in [6.45, 7) is 18.9. The number of hydrogen-bond donors (Lipinski definition) is 2. The standard InChI is InChI=1S/C42H44N2O4/c1-25-19-27(3)37(28(4)20-25)41(47)35(31(7)45)23-43-39(33-15-11-9-12-16-33)40(34-17-13-10-14-18-34)44-24-36(32(8)46)42(48)38-29(5)21-26(2)22-30(38)6/h9-24,35-36,39-40,45-46H,7-8H2,1-6H3/t35?,36?,39-,40-/m0/s1. The monoisotopic (exact) mass is 640 g/mol. The molecule has 2 unspecified atom stereocenters. The molecule has 2 N–H and O–H groups in total. The number of aliphatic hydroxyl groups is 2. The van der Waals surface area contributed by atoms with E-state index in [1.54, 1.807) is 0 Å². The van der Waals surface area contributed by atoms with E-state index in [0.29, 0.717) is 11.1 Å². The predicted octanol–water partition coefficient (Wildman–Crippen LogP) is 9.60. The van der Waals surface area contributed by atoms with E-state index in [2.05, 4.69) is 13.2 Å². The Labute approximate surface area is 283 Å². The van der Waals surface area contributed by atoms with Gasteiger partial charge in [0.05, 0.1) is 0 Å². The lowest BCUT2D eigenvalue weighted by molar-refractivity contribution is 0.0941. The molecule has 0 amide bonds. The number of rotatable bonds is 13. The van der Waals surface area contributed by atoms with Crippen LogP contribution < -0.4 is 0 Å². The van der Waals surface area contributed by atoms with E-state index in [9.17, 15) is 19.8 Å². The van der Waals surface area contributed by atoms with Crippen molar-refractivity contribution in [2.24, 2.45) is 21.8 Å². The molecule has 0 radical (unpaired) electrons. The lowest BCUT2D eigenvalue weighted by Gasteiger charge is -2.24. The highest BCUT2D eigenvalue weighted by Crippen LogP contribution is 2.36. The van der Waals surface area contributed by atoms with Crippen LogP contribution in [0.15, 0.2) is 120 Å². The van der Waals surface area contributed by atoms with Crippen molar-refractivity contribution in [3.05, 3.63) is 165 Å². The fraction of sp³-hybridized carbons (Fsp3) is 0.238. The highest BCUT2D eigenvalue weighted by Gasteiger charge is 2.29. The molecule has 0 bridgehead atoms. The molecule has 0 saturated carbocycles. The number of carbonyl (C=O) groups excluding carboxylic acids is 2. The summed E-state index contributed by atoms with van der Waals surface area (Å²) in [5.41, 5.74) is 7.95. The Morgan fingerprint density at radius 1 is 0.562 bits per heavy atom. The van der Waals surface area contributed by atoms with Gasteiger partial charge in [-0.25, -0.2) is 0 Å². The zero-order valence-corrected chi connectivity index (χ0v) is 28.6. The summed E-state index contributed by atoms with van der Waals surface area (Å²) in [5.74, 6) is -3.45. The van der Waals surface area contributed by atoms with Crippen LogP contribution in [0.5, 0.6) is 0 Å². The second-order valence-electron chi connectivity index (χ2n) is 12.5. The molecule has 0 spiro atoms. The highest BCUT2D eigenvalue weighted by molar-refractivity contribution is 6.10. The number of nitrogens with zero attached hydrogens (tertiary/aromatic N) is 2. The molecule has 246 valence electrons. The summed E-state index contributed by atoms with van der Waals surface area (Å²) >= 11 is 0. The normalized spacial score (nSPS) is 14.0. The molecule has 0 saturated heterocycles. The molecular formula is C42H44N2O4. The summed E-state index contributed by atoms with van der Waals surface area (Å²) < 4.78 is 0. The lowest BCUT2D eigenvalue weighted by atomic mass is 9.89. The van der Waals surface area contributed by atoms with Crippen LogP contribution in [0, 0.1) is 53.4 Å². The number of aryl methyl sites for hydroxylation is 6. The highest BCUT2D eigenvalue weighted by atomic mass is 16.3. The van der Waals surface area contributed by atoms with Gasteiger partial charge in [0.15, 0.2) is 11.6 Å². The maximum atomic E-state index is 13.9. The summed E-state index contributed by atoms with van der Waals surface area (Å²) in [5, 5.41) is 21.4. The Kier molecular flexibility index (Phi) is 11.5. The number of ketones is 2. The van der Waals surface area contributed by atoms with Gasteiger partial charge in [-0.15, -0.1) is 0 Å². The quantitative estimate of drug-likeness (QED) is 0.0863. The second-order valence-corrected chi connectivity index (χ2v) is 12.5. The predicted molar refractivity (Wildman–Crippen MR) is 196 cm³/mol. The minimum absolute atomic E-state index is 0.307. The van der Waals surface area contributed by atoms with Crippen molar-refractivity contribution in [3.8, 4) is 0 Å². The molecule has 0 aromatic heterocycles. The minimum Gasteiger partial charge on any atom is -0.512 e. The molecule has 48 heavy (non-hydrogen) atoms. The van der Waals surface area contributed by atoms with Gasteiger partial charge in [0.2, 0.25) is 0 Å². The van der Waals surface area contributed by atoms with Crippen molar-refractivity contribution in [2.75, 3.05) is 0 Å². The fourth-order valence-electron chi connectivity index (χ4n) is 6.42. The Hall–Kier alpha value is -5.36. The number of hydrogen-bond acceptors (Lipinski definition) is 6. The average molecular weight is 641 g/mol. The molecule has 4 aromatic rings. The van der Waals surface area contributed by atoms with Gasteiger partial charge in [-0.1, -0.05) is 109 Å². The Bertz CT molecular complexity index is 1700. The number of Topliss-reactive ketones (excluding diaryl/α,β-unsaturated/α-hetero) is 2. The van der Waals surface area contributed by atoms with Crippen LogP contribution in [0.4, 0.5) is 0 Å². The molecule has 0 heterocycles. The zero-order valence-electron chi connectivity index (χ0n) is 28.6. The first-order valence-corrected chi connectivity index (χ1v) is 16.0. The van der Waals surface area contributed by atoms with Gasteiger partial charge < -0.3 is 10.2 Å². The molecule has 0 aliphatic heterocycles. The van der Waals surface area contributed by atoms with Crippen LogP contribution in [0.1, 0.15) is 77.3 Å². The third-order valence-corrected chi connectivity index (χ3v) is 8.50. The van der Waals surface area contributed by atoms with E-state index in [-0.39, 0.29) is 23.1 Å². The van der Waals surface area contributed by atoms with E-state index >= 15 is 0 Å². The number of benzene rings is 4. The summed E-state index contributed by atoms with van der Waals surface area (Å²) in [6.07, 6.45) is 2.89. The zero-order chi connectivity index (χ0) is 35.1. The van der Waals surface area contributed by atoms with Crippen LogP contribution in [0.2, 0.25) is 0 Å². The van der Waals surface area contributed by atoms with Gasteiger partial charge in [-0.05, 0) is 74.9 Å². The molecule has 4 atom stereocenters. The number of aliphatic imine (C=N–C) groups is 2. The van der Waals surface area contributed by atoms with Crippen LogP contribution >= 0.6 is 0 Å². The van der Waals surface area contributed by atoms with E-state index in [0.717, 1.165) is 44.5 Å². The number of aliphatic hydroxyl groups excluding tert-OH is 2. The van der Waals surface area contributed by atoms with Crippen molar-refractivity contribution in [1.29, 1.82) is 0 Å². The van der Waals surface area contributed by atoms with E-state index < -0.39 is 23.9 Å². The fourth-order valence-corrected chi connectivity index (χ4v) is 6.42. The van der Waals surface area contributed by atoms with Gasteiger partial charge in [-0.2, -0.15) is 0 Å². The van der Waals surface area contributed by atoms with Gasteiger partial charge in [-0.3, -0.25) is 19.6 Å². The summed E-state index contributed by atoms with van der Waals surface area (Å²) in [7, 11) is 0. The minimum atomic E-state index is -1.10. The molecule has 4 aromatic carbocycles. The smallest absolute Gasteiger partial charge is 0.179 e. The molecule has 0 aliphatic rings. The van der Waals surface area contributed by atoms with Crippen molar-refractivity contribution < 1.29 is 19.8 Å². The van der Waals surface area contributed by atoms with Crippen LogP contribution in [0.25, 0.3) is 0 Å². The lowest BCUT2D eigenvalue weighted by Crippen LogP contribution is -2.22. The SMILES string of the molecule is C=C(O)C(C=N[C@@H](c1ccccc1)[C@@H](N=CC(C(=C)O)C(=O)c1c(C)cc(C)cc1C)c1ccccc1)C(=O)c1c(C)cc(C)cc1C. The second kappa shape index (κ2) is 15.5. The summed E-state index contributed by atoms with van der Waals surface area (Å²) in [6, 6.07) is 25.4. The molecular weight excluding hydrogens is 596 g/mol. The Morgan fingerprint density at radius 3 is 1.12 bits per heavy atom. The molecule has 4 rings (SSSR count). The molecule has 0 fully saturated rings. The number of allylic oxidation sites excluding steroid dienone is 2. The van der Waals surface area contributed by atoms with Crippen molar-refractivity contribution >= 4 is 24.0 Å². The van der Waals surface area contributed by atoms with Crippen LogP contribution in [-0.4, -0.2) is 34.2 Å². The Balaban J connectivity index is 1.83. The van der Waals surface area contributed by atoms with Crippen molar-refractivity contribution in [3.63, 3.8) is 0 Å². The largest absolute Gasteiger partial charge is 0.512 e. The van der Waals surface area contributed by atoms with Gasteiger partial charge >= 0.3 is 0 Å². The van der Waals surface area contributed by atoms with E-state index in [1.165, 1.54) is 12.4 Å². The van der Waals surface area contributed by atoms with Gasteiger partial charge in [0, 0.05) is 23.6 Å². The Morgan fingerprint density at radius 2 is 0.854 bits per heavy atom. The van der Waals surface area contributed by atoms with E-state index in [1.807, 2.05) is 126 Å². The maximum Gasteiger partial charge on any atom is 0.179 e. The van der Waals surface area contributed by atoms with E-state index in [4.69, 9.17) is 9.98 Å². The van der Waals surface area contributed by atoms with Crippen LogP contribution in [0.3, 0.4) is 0 Å². The third kappa shape index (κ3) is 8.13. The topological polar surface area (TPSA) is 99.3 Å². The van der Waals surface area contributed by atoms with Crippen molar-refractivity contribution in [1.82, 2.24) is 0 Å². The number of carbonyl (C=O) groups is 2. The molecule has 6 heteroatoms. The van der Waals surface area contributed by atoms with Crippen LogP contribution in [-0.2, 0) is 0 Å².